The number of carbonyl (C=O) groups excluding carboxylic acids is 1. The van der Waals surface area contributed by atoms with Crippen molar-refractivity contribution in [2.24, 2.45) is 4.99 Å². The Morgan fingerprint density at radius 3 is 2.96 bits per heavy atom. The summed E-state index contributed by atoms with van der Waals surface area (Å²) in [6.07, 6.45) is 3.37. The maximum Gasteiger partial charge on any atom is 0.251 e. The second kappa shape index (κ2) is 7.20. The number of ether oxygens (including phenoxy) is 1. The Morgan fingerprint density at radius 1 is 1.22 bits per heavy atom. The summed E-state index contributed by atoms with van der Waals surface area (Å²) in [5.41, 5.74) is 4.87. The average molecular weight is 308 g/mol. The van der Waals surface area contributed by atoms with E-state index in [2.05, 4.69) is 16.4 Å². The van der Waals surface area contributed by atoms with Gasteiger partial charge in [0.2, 0.25) is 0 Å². The molecule has 1 aliphatic heterocycles. The van der Waals surface area contributed by atoms with Crippen molar-refractivity contribution in [2.75, 3.05) is 20.3 Å². The molecule has 4 nitrogen and oxygen atoms in total. The van der Waals surface area contributed by atoms with Crippen molar-refractivity contribution >= 4 is 17.8 Å². The maximum absolute atomic E-state index is 12.5. The number of aliphatic imine (C=N–C) groups is 1. The molecule has 0 atom stereocenters. The molecule has 0 aliphatic carbocycles. The fourth-order valence-electron chi connectivity index (χ4n) is 2.77. The Kier molecular flexibility index (Phi) is 4.83. The highest BCUT2D eigenvalue weighted by Gasteiger charge is 2.17. The second-order valence-electron chi connectivity index (χ2n) is 5.54. The molecule has 3 rings (SSSR count). The molecule has 2 aromatic carbocycles. The van der Waals surface area contributed by atoms with Crippen molar-refractivity contribution in [2.45, 2.75) is 12.8 Å². The normalized spacial score (nSPS) is 12.2. The molecular formula is C19H20N2O2. The fraction of sp³-hybridized carbons (Fsp3) is 0.263. The number of hydrogen-bond donors (Lipinski definition) is 1. The molecule has 118 valence electrons. The van der Waals surface area contributed by atoms with E-state index >= 15 is 0 Å². The van der Waals surface area contributed by atoms with E-state index in [-0.39, 0.29) is 5.91 Å². The van der Waals surface area contributed by atoms with Gasteiger partial charge in [0.15, 0.2) is 0 Å². The van der Waals surface area contributed by atoms with Gasteiger partial charge in [-0.1, -0.05) is 30.3 Å². The van der Waals surface area contributed by atoms with Crippen molar-refractivity contribution in [1.82, 2.24) is 5.32 Å². The quantitative estimate of drug-likeness (QED) is 0.736. The van der Waals surface area contributed by atoms with E-state index in [4.69, 9.17) is 4.74 Å². The minimum atomic E-state index is -0.0364. The number of carbonyl (C=O) groups is 1. The molecule has 1 heterocycles. The van der Waals surface area contributed by atoms with Crippen molar-refractivity contribution in [3.63, 3.8) is 0 Å². The topological polar surface area (TPSA) is 50.7 Å². The van der Waals surface area contributed by atoms with E-state index in [1.54, 1.807) is 7.11 Å². The standard InChI is InChI=1S/C19H20N2O2/c1-23-11-5-10-20-19(22)16-8-4-7-15-13-21-18-9-3-2-6-14(18)12-17(15)16/h2-4,6-9,13H,5,10-12H2,1H3,(H,20,22). The first-order valence-corrected chi connectivity index (χ1v) is 7.80. The van der Waals surface area contributed by atoms with Gasteiger partial charge in [-0.05, 0) is 35.2 Å². The van der Waals surface area contributed by atoms with Crippen LogP contribution in [0.15, 0.2) is 47.5 Å². The lowest BCUT2D eigenvalue weighted by Crippen LogP contribution is -2.26. The van der Waals surface area contributed by atoms with Gasteiger partial charge in [0.25, 0.3) is 5.91 Å². The van der Waals surface area contributed by atoms with Crippen LogP contribution in [0.5, 0.6) is 0 Å². The number of methoxy groups -OCH3 is 1. The molecule has 1 N–H and O–H groups in total. The molecule has 1 amide bonds. The molecule has 0 unspecified atom stereocenters. The van der Waals surface area contributed by atoms with Crippen molar-refractivity contribution in [3.05, 3.63) is 64.7 Å². The third-order valence-electron chi connectivity index (χ3n) is 3.97. The maximum atomic E-state index is 12.5. The average Bonchev–Trinajstić information content (AvgIpc) is 2.77. The Balaban J connectivity index is 1.86. The minimum absolute atomic E-state index is 0.0364. The summed E-state index contributed by atoms with van der Waals surface area (Å²) in [4.78, 5) is 17.0. The Morgan fingerprint density at radius 2 is 2.09 bits per heavy atom. The molecule has 1 aliphatic rings. The zero-order valence-corrected chi connectivity index (χ0v) is 13.2. The highest BCUT2D eigenvalue weighted by molar-refractivity contribution is 5.99. The summed E-state index contributed by atoms with van der Waals surface area (Å²) in [6, 6.07) is 13.9. The Hall–Kier alpha value is -2.46. The molecule has 2 aromatic rings. The Labute approximate surface area is 136 Å². The van der Waals surface area contributed by atoms with Gasteiger partial charge >= 0.3 is 0 Å². The molecule has 0 bridgehead atoms. The van der Waals surface area contributed by atoms with Gasteiger partial charge in [0.05, 0.1) is 5.69 Å². The number of nitrogens with one attached hydrogen (secondary N) is 1. The van der Waals surface area contributed by atoms with E-state index in [1.807, 2.05) is 42.6 Å². The van der Waals surface area contributed by atoms with Gasteiger partial charge in [-0.2, -0.15) is 0 Å². The van der Waals surface area contributed by atoms with E-state index in [1.165, 1.54) is 0 Å². The van der Waals surface area contributed by atoms with Crippen LogP contribution in [-0.4, -0.2) is 32.4 Å². The highest BCUT2D eigenvalue weighted by Crippen LogP contribution is 2.28. The van der Waals surface area contributed by atoms with Crippen LogP contribution in [0.25, 0.3) is 0 Å². The third-order valence-corrected chi connectivity index (χ3v) is 3.97. The van der Waals surface area contributed by atoms with Gasteiger partial charge in [0.1, 0.15) is 0 Å². The van der Waals surface area contributed by atoms with Crippen LogP contribution in [0.3, 0.4) is 0 Å². The van der Waals surface area contributed by atoms with Crippen molar-refractivity contribution in [1.29, 1.82) is 0 Å². The first-order chi connectivity index (χ1) is 11.3. The summed E-state index contributed by atoms with van der Waals surface area (Å²) < 4.78 is 5.01. The van der Waals surface area contributed by atoms with E-state index in [0.717, 1.165) is 34.4 Å². The van der Waals surface area contributed by atoms with E-state index in [0.29, 0.717) is 19.6 Å². The first kappa shape index (κ1) is 15.4. The molecule has 23 heavy (non-hydrogen) atoms. The number of fused-ring (bicyclic) bond motifs is 2. The second-order valence-corrected chi connectivity index (χ2v) is 5.54. The fourth-order valence-corrected chi connectivity index (χ4v) is 2.77. The summed E-state index contributed by atoms with van der Waals surface area (Å²) in [5, 5.41) is 2.96. The van der Waals surface area contributed by atoms with Gasteiger partial charge in [-0.15, -0.1) is 0 Å². The van der Waals surface area contributed by atoms with Crippen LogP contribution in [0.2, 0.25) is 0 Å². The van der Waals surface area contributed by atoms with Crippen LogP contribution in [0.4, 0.5) is 5.69 Å². The van der Waals surface area contributed by atoms with Crippen LogP contribution < -0.4 is 5.32 Å². The lowest BCUT2D eigenvalue weighted by atomic mass is 9.95. The van der Waals surface area contributed by atoms with Crippen molar-refractivity contribution in [3.8, 4) is 0 Å². The largest absolute Gasteiger partial charge is 0.385 e. The minimum Gasteiger partial charge on any atom is -0.385 e. The number of amides is 1. The van der Waals surface area contributed by atoms with Crippen LogP contribution >= 0.6 is 0 Å². The smallest absolute Gasteiger partial charge is 0.251 e. The SMILES string of the molecule is COCCCNC(=O)c1cccc2c1Cc1ccccc1N=C2. The molecule has 0 aromatic heterocycles. The number of rotatable bonds is 5. The van der Waals surface area contributed by atoms with Gasteiger partial charge in [0, 0.05) is 38.5 Å². The molecule has 0 saturated carbocycles. The number of benzene rings is 2. The number of para-hydroxylation sites is 1. The zero-order valence-electron chi connectivity index (χ0n) is 13.2. The molecule has 0 saturated heterocycles. The Bertz CT molecular complexity index is 738. The predicted molar refractivity (Wildman–Crippen MR) is 91.8 cm³/mol. The first-order valence-electron chi connectivity index (χ1n) is 7.80. The highest BCUT2D eigenvalue weighted by atomic mass is 16.5. The lowest BCUT2D eigenvalue weighted by molar-refractivity contribution is 0.0948. The van der Waals surface area contributed by atoms with Gasteiger partial charge in [-0.25, -0.2) is 0 Å². The van der Waals surface area contributed by atoms with Crippen LogP contribution in [0.1, 0.15) is 33.5 Å². The molecule has 4 heteroatoms. The molecule has 0 fully saturated rings. The molecule has 0 radical (unpaired) electrons. The number of hydrogen-bond acceptors (Lipinski definition) is 3. The van der Waals surface area contributed by atoms with E-state index < -0.39 is 0 Å². The summed E-state index contributed by atoms with van der Waals surface area (Å²) in [7, 11) is 1.66. The van der Waals surface area contributed by atoms with Gasteiger partial charge in [-0.3, -0.25) is 9.79 Å². The molecule has 0 spiro atoms. The summed E-state index contributed by atoms with van der Waals surface area (Å²) in [5.74, 6) is -0.0364. The van der Waals surface area contributed by atoms with Crippen LogP contribution in [0, 0.1) is 0 Å². The predicted octanol–water partition coefficient (Wildman–Crippen LogP) is 3.11. The lowest BCUT2D eigenvalue weighted by Gasteiger charge is -2.12. The van der Waals surface area contributed by atoms with Gasteiger partial charge < -0.3 is 10.1 Å². The third kappa shape index (κ3) is 3.48. The van der Waals surface area contributed by atoms with E-state index in [9.17, 15) is 4.79 Å². The zero-order chi connectivity index (χ0) is 16.1. The molecular weight excluding hydrogens is 288 g/mol. The number of nitrogens with zero attached hydrogens (tertiary/aromatic N) is 1. The van der Waals surface area contributed by atoms with Crippen LogP contribution in [-0.2, 0) is 11.2 Å². The summed E-state index contributed by atoms with van der Waals surface area (Å²) in [6.45, 7) is 1.26. The van der Waals surface area contributed by atoms with Crippen molar-refractivity contribution < 1.29 is 9.53 Å². The monoisotopic (exact) mass is 308 g/mol. The summed E-state index contributed by atoms with van der Waals surface area (Å²) >= 11 is 0.